The van der Waals surface area contributed by atoms with E-state index in [1.54, 1.807) is 0 Å². The van der Waals surface area contributed by atoms with Crippen LogP contribution < -0.4 is 4.90 Å². The van der Waals surface area contributed by atoms with Crippen LogP contribution in [0.3, 0.4) is 0 Å². The van der Waals surface area contributed by atoms with Crippen LogP contribution in [0.2, 0.25) is 0 Å². The van der Waals surface area contributed by atoms with Crippen molar-refractivity contribution in [3.63, 3.8) is 0 Å². The van der Waals surface area contributed by atoms with Crippen LogP contribution in [0.15, 0.2) is 18.5 Å². The second-order valence-electron chi connectivity index (χ2n) is 5.23. The molecule has 0 bridgehead atoms. The molecule has 0 aromatic carbocycles. The molecule has 2 aromatic heterocycles. The lowest BCUT2D eigenvalue weighted by molar-refractivity contribution is 0.403. The summed E-state index contributed by atoms with van der Waals surface area (Å²) in [4.78, 5) is 7.00. The van der Waals surface area contributed by atoms with Gasteiger partial charge in [0, 0.05) is 25.5 Å². The summed E-state index contributed by atoms with van der Waals surface area (Å²) < 4.78 is 1.94. The zero-order valence-electron chi connectivity index (χ0n) is 11.1. The molecule has 4 heteroatoms. The monoisotopic (exact) mass is 244 g/mol. The van der Waals surface area contributed by atoms with Crippen molar-refractivity contribution in [3.05, 3.63) is 24.2 Å². The molecule has 1 aliphatic heterocycles. The van der Waals surface area contributed by atoms with Crippen LogP contribution in [0, 0.1) is 12.8 Å². The highest BCUT2D eigenvalue weighted by atomic mass is 15.3. The van der Waals surface area contributed by atoms with Crippen LogP contribution in [0.5, 0.6) is 0 Å². The number of hydrogen-bond donors (Lipinski definition) is 0. The normalized spacial score (nSPS) is 20.6. The Morgan fingerprint density at radius 3 is 3.17 bits per heavy atom. The molecule has 0 amide bonds. The number of piperidine rings is 1. The van der Waals surface area contributed by atoms with E-state index >= 15 is 0 Å². The van der Waals surface area contributed by atoms with Crippen LogP contribution in [-0.2, 0) is 0 Å². The fourth-order valence-electron chi connectivity index (χ4n) is 2.86. The highest BCUT2D eigenvalue weighted by Gasteiger charge is 2.21. The molecule has 1 saturated heterocycles. The number of nitrogens with zero attached hydrogens (tertiary/aromatic N) is 4. The van der Waals surface area contributed by atoms with Gasteiger partial charge in [0.05, 0.1) is 5.69 Å². The molecule has 1 atom stereocenters. The summed E-state index contributed by atoms with van der Waals surface area (Å²) in [5.74, 6) is 1.90. The van der Waals surface area contributed by atoms with E-state index in [-0.39, 0.29) is 0 Å². The molecule has 0 N–H and O–H groups in total. The van der Waals surface area contributed by atoms with Gasteiger partial charge in [0.15, 0.2) is 5.82 Å². The van der Waals surface area contributed by atoms with E-state index in [2.05, 4.69) is 28.0 Å². The lowest BCUT2D eigenvalue weighted by atomic mass is 9.96. The fraction of sp³-hybridized carbons (Fsp3) is 0.571. The lowest BCUT2D eigenvalue weighted by Gasteiger charge is -2.33. The maximum Gasteiger partial charge on any atom is 0.154 e. The minimum absolute atomic E-state index is 0.810. The van der Waals surface area contributed by atoms with Gasteiger partial charge in [0.25, 0.3) is 0 Å². The Hall–Kier alpha value is -1.58. The third-order valence-corrected chi connectivity index (χ3v) is 3.89. The van der Waals surface area contributed by atoms with E-state index in [4.69, 9.17) is 0 Å². The lowest BCUT2D eigenvalue weighted by Crippen LogP contribution is -2.35. The van der Waals surface area contributed by atoms with Crippen molar-refractivity contribution in [1.82, 2.24) is 14.6 Å². The summed E-state index contributed by atoms with van der Waals surface area (Å²) >= 11 is 0. The third kappa shape index (κ3) is 1.96. The molecular formula is C14H20N4. The van der Waals surface area contributed by atoms with Crippen LogP contribution in [0.4, 0.5) is 5.82 Å². The quantitative estimate of drug-likeness (QED) is 0.814. The number of aromatic nitrogens is 3. The first-order valence-electron chi connectivity index (χ1n) is 6.84. The second kappa shape index (κ2) is 4.59. The van der Waals surface area contributed by atoms with Crippen molar-refractivity contribution in [2.24, 2.45) is 5.92 Å². The van der Waals surface area contributed by atoms with E-state index in [1.807, 2.05) is 23.8 Å². The molecule has 0 saturated carbocycles. The number of hydrogen-bond acceptors (Lipinski definition) is 3. The van der Waals surface area contributed by atoms with Crippen molar-refractivity contribution >= 4 is 11.3 Å². The molecule has 3 heterocycles. The predicted octanol–water partition coefficient (Wildman–Crippen LogP) is 2.66. The number of fused-ring (bicyclic) bond motifs is 1. The smallest absolute Gasteiger partial charge is 0.154 e. The van der Waals surface area contributed by atoms with Gasteiger partial charge in [-0.15, -0.1) is 0 Å². The molecule has 2 aromatic rings. The molecule has 1 fully saturated rings. The van der Waals surface area contributed by atoms with Crippen LogP contribution in [-0.4, -0.2) is 27.7 Å². The Bertz CT molecular complexity index is 546. The molecule has 0 aliphatic carbocycles. The number of anilines is 1. The first kappa shape index (κ1) is 11.5. The molecule has 1 unspecified atom stereocenters. The Labute approximate surface area is 108 Å². The van der Waals surface area contributed by atoms with Gasteiger partial charge >= 0.3 is 0 Å². The van der Waals surface area contributed by atoms with Crippen molar-refractivity contribution in [2.45, 2.75) is 33.1 Å². The van der Waals surface area contributed by atoms with Gasteiger partial charge in [-0.2, -0.15) is 5.10 Å². The molecule has 1 aliphatic rings. The summed E-state index contributed by atoms with van der Waals surface area (Å²) in [5, 5.41) is 4.46. The Kier molecular flexibility index (Phi) is 2.94. The van der Waals surface area contributed by atoms with Crippen molar-refractivity contribution < 1.29 is 0 Å². The third-order valence-electron chi connectivity index (χ3n) is 3.89. The highest BCUT2D eigenvalue weighted by molar-refractivity contribution is 5.69. The summed E-state index contributed by atoms with van der Waals surface area (Å²) in [6.07, 6.45) is 7.66. The van der Waals surface area contributed by atoms with Crippen LogP contribution in [0.25, 0.3) is 5.52 Å². The molecule has 0 spiro atoms. The Balaban J connectivity index is 1.98. The van der Waals surface area contributed by atoms with E-state index in [9.17, 15) is 0 Å². The minimum atomic E-state index is 0.810. The van der Waals surface area contributed by atoms with Gasteiger partial charge in [-0.25, -0.2) is 9.50 Å². The van der Waals surface area contributed by atoms with Crippen molar-refractivity contribution in [1.29, 1.82) is 0 Å². The standard InChI is InChI=1S/C14H20N4/c1-3-12-5-4-7-17(10-12)14-13-9-11(2)16-18(13)8-6-15-14/h6,8-9,12H,3-5,7,10H2,1-2H3. The van der Waals surface area contributed by atoms with Crippen LogP contribution >= 0.6 is 0 Å². The summed E-state index contributed by atoms with van der Waals surface area (Å²) in [7, 11) is 0. The largest absolute Gasteiger partial charge is 0.355 e. The van der Waals surface area contributed by atoms with Gasteiger partial charge in [0.2, 0.25) is 0 Å². The topological polar surface area (TPSA) is 33.4 Å². The summed E-state index contributed by atoms with van der Waals surface area (Å²) in [6.45, 7) is 6.56. The zero-order chi connectivity index (χ0) is 12.5. The van der Waals surface area contributed by atoms with E-state index in [1.165, 1.54) is 19.3 Å². The van der Waals surface area contributed by atoms with Crippen molar-refractivity contribution in [2.75, 3.05) is 18.0 Å². The first-order chi connectivity index (χ1) is 8.78. The van der Waals surface area contributed by atoms with Gasteiger partial charge in [0.1, 0.15) is 5.52 Å². The number of aryl methyl sites for hydroxylation is 1. The first-order valence-corrected chi connectivity index (χ1v) is 6.84. The number of rotatable bonds is 2. The summed E-state index contributed by atoms with van der Waals surface area (Å²) in [6, 6.07) is 2.12. The molecule has 96 valence electrons. The van der Waals surface area contributed by atoms with Gasteiger partial charge < -0.3 is 4.90 Å². The average Bonchev–Trinajstić information content (AvgIpc) is 2.78. The summed E-state index contributed by atoms with van der Waals surface area (Å²) in [5.41, 5.74) is 2.18. The molecule has 18 heavy (non-hydrogen) atoms. The van der Waals surface area contributed by atoms with Gasteiger partial charge in [-0.3, -0.25) is 0 Å². The Morgan fingerprint density at radius 2 is 2.33 bits per heavy atom. The molecule has 3 rings (SSSR count). The zero-order valence-corrected chi connectivity index (χ0v) is 11.1. The predicted molar refractivity (Wildman–Crippen MR) is 73.0 cm³/mol. The molecule has 4 nitrogen and oxygen atoms in total. The van der Waals surface area contributed by atoms with Gasteiger partial charge in [-0.1, -0.05) is 13.3 Å². The maximum absolute atomic E-state index is 4.58. The second-order valence-corrected chi connectivity index (χ2v) is 5.23. The van der Waals surface area contributed by atoms with Crippen molar-refractivity contribution in [3.8, 4) is 0 Å². The average molecular weight is 244 g/mol. The molecular weight excluding hydrogens is 224 g/mol. The minimum Gasteiger partial charge on any atom is -0.355 e. The Morgan fingerprint density at radius 1 is 1.44 bits per heavy atom. The van der Waals surface area contributed by atoms with E-state index < -0.39 is 0 Å². The highest BCUT2D eigenvalue weighted by Crippen LogP contribution is 2.26. The maximum atomic E-state index is 4.58. The molecule has 0 radical (unpaired) electrons. The van der Waals surface area contributed by atoms with Crippen LogP contribution in [0.1, 0.15) is 31.9 Å². The van der Waals surface area contributed by atoms with E-state index in [0.29, 0.717) is 0 Å². The fourth-order valence-corrected chi connectivity index (χ4v) is 2.86. The van der Waals surface area contributed by atoms with E-state index in [0.717, 1.165) is 36.0 Å². The van der Waals surface area contributed by atoms with Gasteiger partial charge in [-0.05, 0) is 31.7 Å². The SMILES string of the molecule is CCC1CCCN(c2nccn3nc(C)cc23)C1.